The third kappa shape index (κ3) is 2.71. The Hall–Kier alpha value is -1.78. The van der Waals surface area contributed by atoms with Crippen LogP contribution < -0.4 is 0 Å². The van der Waals surface area contributed by atoms with Gasteiger partial charge in [-0.2, -0.15) is 0 Å². The summed E-state index contributed by atoms with van der Waals surface area (Å²) in [6, 6.07) is 3.67. The minimum Gasteiger partial charge on any atom is -0.481 e. The molecule has 0 bridgehead atoms. The zero-order valence-corrected chi connectivity index (χ0v) is 12.1. The highest BCUT2D eigenvalue weighted by molar-refractivity contribution is 5.93. The molecule has 110 valence electrons. The molecule has 0 aliphatic carbocycles. The minimum atomic E-state index is -0.823. The molecule has 5 heteroatoms. The third-order valence-electron chi connectivity index (χ3n) is 4.01. The van der Waals surface area contributed by atoms with Gasteiger partial charge >= 0.3 is 5.97 Å². The number of aliphatic carboxylic acids is 1. The van der Waals surface area contributed by atoms with Crippen molar-refractivity contribution < 1.29 is 14.7 Å². The maximum Gasteiger partial charge on any atom is 0.311 e. The van der Waals surface area contributed by atoms with E-state index >= 15 is 0 Å². The SMILES string of the molecule is CCCn1cccc1C(=O)N1CCCC(C)(C(=O)O)C1. The second-order valence-corrected chi connectivity index (χ2v) is 5.78. The number of hydrogen-bond donors (Lipinski definition) is 1. The Morgan fingerprint density at radius 3 is 2.85 bits per heavy atom. The summed E-state index contributed by atoms with van der Waals surface area (Å²) in [4.78, 5) is 25.6. The monoisotopic (exact) mass is 278 g/mol. The lowest BCUT2D eigenvalue weighted by molar-refractivity contribution is -0.150. The topological polar surface area (TPSA) is 62.5 Å². The first-order valence-electron chi connectivity index (χ1n) is 7.16. The Morgan fingerprint density at radius 1 is 1.45 bits per heavy atom. The molecule has 1 saturated heterocycles. The van der Waals surface area contributed by atoms with Crippen molar-refractivity contribution >= 4 is 11.9 Å². The van der Waals surface area contributed by atoms with Crippen molar-refractivity contribution in [2.75, 3.05) is 13.1 Å². The van der Waals surface area contributed by atoms with Crippen molar-refractivity contribution in [2.24, 2.45) is 5.41 Å². The summed E-state index contributed by atoms with van der Waals surface area (Å²) in [5, 5.41) is 9.32. The molecular weight excluding hydrogens is 256 g/mol. The Kier molecular flexibility index (Phi) is 4.16. The van der Waals surface area contributed by atoms with Gasteiger partial charge in [0.15, 0.2) is 0 Å². The van der Waals surface area contributed by atoms with Crippen LogP contribution in [0.25, 0.3) is 0 Å². The fourth-order valence-corrected chi connectivity index (χ4v) is 2.79. The fourth-order valence-electron chi connectivity index (χ4n) is 2.79. The second kappa shape index (κ2) is 5.69. The lowest BCUT2D eigenvalue weighted by Crippen LogP contribution is -2.48. The summed E-state index contributed by atoms with van der Waals surface area (Å²) in [6.45, 7) is 5.52. The van der Waals surface area contributed by atoms with E-state index in [0.29, 0.717) is 25.2 Å². The molecule has 1 amide bonds. The van der Waals surface area contributed by atoms with Gasteiger partial charge in [-0.25, -0.2) is 0 Å². The van der Waals surface area contributed by atoms with E-state index in [-0.39, 0.29) is 5.91 Å². The van der Waals surface area contributed by atoms with Crippen molar-refractivity contribution in [1.29, 1.82) is 0 Å². The van der Waals surface area contributed by atoms with E-state index in [2.05, 4.69) is 6.92 Å². The predicted molar refractivity (Wildman–Crippen MR) is 75.6 cm³/mol. The summed E-state index contributed by atoms with van der Waals surface area (Å²) in [5.41, 5.74) is -0.169. The minimum absolute atomic E-state index is 0.0596. The number of amides is 1. The van der Waals surface area contributed by atoms with Crippen LogP contribution in [0.2, 0.25) is 0 Å². The van der Waals surface area contributed by atoms with E-state index < -0.39 is 11.4 Å². The van der Waals surface area contributed by atoms with Gasteiger partial charge in [0, 0.05) is 25.8 Å². The van der Waals surface area contributed by atoms with Gasteiger partial charge in [-0.1, -0.05) is 6.92 Å². The van der Waals surface area contributed by atoms with Gasteiger partial charge in [-0.15, -0.1) is 0 Å². The summed E-state index contributed by atoms with van der Waals surface area (Å²) < 4.78 is 1.94. The number of rotatable bonds is 4. The van der Waals surface area contributed by atoms with Crippen LogP contribution in [0, 0.1) is 5.41 Å². The highest BCUT2D eigenvalue weighted by atomic mass is 16.4. The van der Waals surface area contributed by atoms with Crippen LogP contribution >= 0.6 is 0 Å². The Balaban J connectivity index is 2.16. The van der Waals surface area contributed by atoms with Gasteiger partial charge in [0.05, 0.1) is 5.41 Å². The molecule has 1 atom stereocenters. The number of aromatic nitrogens is 1. The smallest absolute Gasteiger partial charge is 0.311 e. The molecule has 1 fully saturated rings. The number of likely N-dealkylation sites (tertiary alicyclic amines) is 1. The van der Waals surface area contributed by atoms with Gasteiger partial charge in [-0.05, 0) is 38.3 Å². The quantitative estimate of drug-likeness (QED) is 0.918. The highest BCUT2D eigenvalue weighted by Crippen LogP contribution is 2.30. The highest BCUT2D eigenvalue weighted by Gasteiger charge is 2.39. The maximum absolute atomic E-state index is 12.6. The van der Waals surface area contributed by atoms with Gasteiger partial charge in [0.2, 0.25) is 0 Å². The standard InChI is InChI=1S/C15H22N2O3/c1-3-8-16-9-4-6-12(16)13(18)17-10-5-7-15(2,11-17)14(19)20/h4,6,9H,3,5,7-8,10-11H2,1-2H3,(H,19,20). The van der Waals surface area contributed by atoms with Crippen molar-refractivity contribution in [3.8, 4) is 0 Å². The van der Waals surface area contributed by atoms with E-state index in [9.17, 15) is 14.7 Å². The van der Waals surface area contributed by atoms with E-state index in [0.717, 1.165) is 19.4 Å². The molecule has 2 heterocycles. The van der Waals surface area contributed by atoms with Crippen molar-refractivity contribution in [1.82, 2.24) is 9.47 Å². The molecule has 2 rings (SSSR count). The van der Waals surface area contributed by atoms with Crippen LogP contribution in [0.1, 0.15) is 43.6 Å². The average Bonchev–Trinajstić information content (AvgIpc) is 2.86. The number of nitrogens with zero attached hydrogens (tertiary/aromatic N) is 2. The number of piperidine rings is 1. The van der Waals surface area contributed by atoms with Crippen LogP contribution in [-0.2, 0) is 11.3 Å². The molecule has 0 spiro atoms. The van der Waals surface area contributed by atoms with Gasteiger partial charge in [0.1, 0.15) is 5.69 Å². The number of carbonyl (C=O) groups is 2. The Morgan fingerprint density at radius 2 is 2.20 bits per heavy atom. The first kappa shape index (κ1) is 14.6. The molecule has 1 aromatic heterocycles. The molecule has 1 unspecified atom stereocenters. The molecule has 0 radical (unpaired) electrons. The van der Waals surface area contributed by atoms with Crippen LogP contribution in [0.3, 0.4) is 0 Å². The average molecular weight is 278 g/mol. The first-order valence-corrected chi connectivity index (χ1v) is 7.16. The van der Waals surface area contributed by atoms with Gasteiger partial charge < -0.3 is 14.6 Å². The Labute approximate surface area is 119 Å². The number of hydrogen-bond acceptors (Lipinski definition) is 2. The lowest BCUT2D eigenvalue weighted by atomic mass is 9.82. The van der Waals surface area contributed by atoms with Gasteiger partial charge in [0.25, 0.3) is 5.91 Å². The normalized spacial score (nSPS) is 22.8. The second-order valence-electron chi connectivity index (χ2n) is 5.78. The fraction of sp³-hybridized carbons (Fsp3) is 0.600. The van der Waals surface area contributed by atoms with Crippen molar-refractivity contribution in [2.45, 2.75) is 39.7 Å². The number of aryl methyl sites for hydroxylation is 1. The van der Waals surface area contributed by atoms with Crippen LogP contribution in [0.4, 0.5) is 0 Å². The van der Waals surface area contributed by atoms with E-state index in [1.165, 1.54) is 0 Å². The maximum atomic E-state index is 12.6. The van der Waals surface area contributed by atoms with Crippen LogP contribution in [0.5, 0.6) is 0 Å². The summed E-state index contributed by atoms with van der Waals surface area (Å²) in [6.07, 6.45) is 4.23. The molecule has 1 N–H and O–H groups in total. The number of carboxylic acids is 1. The summed E-state index contributed by atoms with van der Waals surface area (Å²) in [7, 11) is 0. The van der Waals surface area contributed by atoms with Crippen molar-refractivity contribution in [3.63, 3.8) is 0 Å². The predicted octanol–water partition coefficient (Wildman–Crippen LogP) is 2.22. The molecular formula is C15H22N2O3. The largest absolute Gasteiger partial charge is 0.481 e. The zero-order valence-electron chi connectivity index (χ0n) is 12.1. The van der Waals surface area contributed by atoms with E-state index in [1.807, 2.05) is 22.9 Å². The molecule has 0 saturated carbocycles. The lowest BCUT2D eigenvalue weighted by Gasteiger charge is -2.37. The molecule has 1 aliphatic heterocycles. The molecule has 20 heavy (non-hydrogen) atoms. The molecule has 0 aromatic carbocycles. The van der Waals surface area contributed by atoms with Gasteiger partial charge in [-0.3, -0.25) is 9.59 Å². The molecule has 5 nitrogen and oxygen atoms in total. The first-order chi connectivity index (χ1) is 9.48. The Bertz CT molecular complexity index is 509. The van der Waals surface area contributed by atoms with Crippen LogP contribution in [-0.4, -0.2) is 39.5 Å². The summed E-state index contributed by atoms with van der Waals surface area (Å²) >= 11 is 0. The van der Waals surface area contributed by atoms with Crippen LogP contribution in [0.15, 0.2) is 18.3 Å². The number of carbonyl (C=O) groups excluding carboxylic acids is 1. The van der Waals surface area contributed by atoms with Crippen molar-refractivity contribution in [3.05, 3.63) is 24.0 Å². The van der Waals surface area contributed by atoms with E-state index in [1.54, 1.807) is 11.8 Å². The van der Waals surface area contributed by atoms with E-state index in [4.69, 9.17) is 0 Å². The molecule has 1 aromatic rings. The zero-order chi connectivity index (χ0) is 14.8. The third-order valence-corrected chi connectivity index (χ3v) is 4.01. The summed E-state index contributed by atoms with van der Waals surface area (Å²) in [5.74, 6) is -0.880. The number of carboxylic acid groups (broad SMARTS) is 1. The molecule has 1 aliphatic rings.